The lowest BCUT2D eigenvalue weighted by Crippen LogP contribution is -2.38. The summed E-state index contributed by atoms with van der Waals surface area (Å²) in [5.74, 6) is 1.37. The summed E-state index contributed by atoms with van der Waals surface area (Å²) in [7, 11) is 0. The Morgan fingerprint density at radius 2 is 2.13 bits per heavy atom. The number of rotatable bonds is 5. The molecule has 8 heteroatoms. The van der Waals surface area contributed by atoms with Crippen molar-refractivity contribution in [3.63, 3.8) is 0 Å². The third-order valence-electron chi connectivity index (χ3n) is 5.37. The van der Waals surface area contributed by atoms with Crippen molar-refractivity contribution in [3.05, 3.63) is 46.5 Å². The molecule has 0 spiro atoms. The number of carbonyl (C=O) groups excluding carboxylic acids is 1. The van der Waals surface area contributed by atoms with Crippen molar-refractivity contribution in [2.24, 2.45) is 0 Å². The van der Waals surface area contributed by atoms with Crippen LogP contribution in [0.15, 0.2) is 30.3 Å². The Kier molecular flexibility index (Phi) is 5.26. The van der Waals surface area contributed by atoms with Gasteiger partial charge in [-0.3, -0.25) is 9.69 Å². The van der Waals surface area contributed by atoms with Gasteiger partial charge in [0.05, 0.1) is 29.3 Å². The maximum atomic E-state index is 13.4. The van der Waals surface area contributed by atoms with Crippen molar-refractivity contribution >= 4 is 44.2 Å². The molecule has 2 aliphatic rings. The minimum atomic E-state index is -0.0211. The summed E-state index contributed by atoms with van der Waals surface area (Å²) in [5, 5.41) is 1.35. The van der Waals surface area contributed by atoms with Crippen molar-refractivity contribution in [2.75, 3.05) is 24.8 Å². The Morgan fingerprint density at radius 3 is 2.97 bits per heavy atom. The number of benzene rings is 2. The number of fused-ring (bicyclic) bond motifs is 2. The SMILES string of the molecule is Cc1cc(Cl)cc2sc(N(CC3CCCO3)C(=O)Cc3ccc4c(c3)OCO4)nc12. The molecule has 1 atom stereocenters. The van der Waals surface area contributed by atoms with Gasteiger partial charge in [-0.05, 0) is 55.2 Å². The predicted molar refractivity (Wildman–Crippen MR) is 117 cm³/mol. The molecule has 156 valence electrons. The summed E-state index contributed by atoms with van der Waals surface area (Å²) in [5.41, 5.74) is 2.76. The van der Waals surface area contributed by atoms with Crippen molar-refractivity contribution in [1.82, 2.24) is 4.98 Å². The fourth-order valence-electron chi connectivity index (χ4n) is 3.86. The molecule has 0 N–H and O–H groups in total. The molecule has 2 aliphatic heterocycles. The number of aryl methyl sites for hydroxylation is 1. The van der Waals surface area contributed by atoms with Gasteiger partial charge >= 0.3 is 0 Å². The molecule has 1 saturated heterocycles. The van der Waals surface area contributed by atoms with E-state index in [4.69, 9.17) is 30.8 Å². The molecule has 0 aliphatic carbocycles. The fourth-order valence-corrected chi connectivity index (χ4v) is 5.30. The predicted octanol–water partition coefficient (Wildman–Crippen LogP) is 4.74. The van der Waals surface area contributed by atoms with Crippen LogP contribution in [0.1, 0.15) is 24.0 Å². The first kappa shape index (κ1) is 19.6. The molecule has 3 heterocycles. The van der Waals surface area contributed by atoms with Gasteiger partial charge in [-0.25, -0.2) is 4.98 Å². The van der Waals surface area contributed by atoms with Crippen LogP contribution in [0, 0.1) is 6.92 Å². The maximum absolute atomic E-state index is 13.4. The summed E-state index contributed by atoms with van der Waals surface area (Å²) >= 11 is 7.71. The van der Waals surface area contributed by atoms with Crippen LogP contribution in [0.3, 0.4) is 0 Å². The summed E-state index contributed by atoms with van der Waals surface area (Å²) in [6.45, 7) is 3.43. The lowest BCUT2D eigenvalue weighted by atomic mass is 10.1. The average molecular weight is 445 g/mol. The second-order valence-corrected chi connectivity index (χ2v) is 9.02. The van der Waals surface area contributed by atoms with E-state index in [1.54, 1.807) is 4.90 Å². The number of amides is 1. The van der Waals surface area contributed by atoms with Crippen LogP contribution in [0.4, 0.5) is 5.13 Å². The van der Waals surface area contributed by atoms with E-state index in [0.717, 1.165) is 40.8 Å². The molecule has 1 unspecified atom stereocenters. The molecular weight excluding hydrogens is 424 g/mol. The van der Waals surface area contributed by atoms with Crippen molar-refractivity contribution in [3.8, 4) is 11.5 Å². The van der Waals surface area contributed by atoms with Crippen LogP contribution in [0.25, 0.3) is 10.2 Å². The number of hydrogen-bond acceptors (Lipinski definition) is 6. The zero-order valence-electron chi connectivity index (χ0n) is 16.5. The molecule has 0 radical (unpaired) electrons. The molecule has 1 aromatic heterocycles. The minimum absolute atomic E-state index is 0.0211. The van der Waals surface area contributed by atoms with Gasteiger partial charge < -0.3 is 14.2 Å². The molecule has 1 amide bonds. The van der Waals surface area contributed by atoms with Crippen LogP contribution in [0.5, 0.6) is 11.5 Å². The number of thiazole rings is 1. The molecule has 2 aromatic carbocycles. The lowest BCUT2D eigenvalue weighted by Gasteiger charge is -2.23. The second-order valence-electron chi connectivity index (χ2n) is 7.57. The first-order valence-electron chi connectivity index (χ1n) is 9.94. The van der Waals surface area contributed by atoms with Gasteiger partial charge in [-0.2, -0.15) is 0 Å². The first-order chi connectivity index (χ1) is 14.6. The highest BCUT2D eigenvalue weighted by Gasteiger charge is 2.27. The summed E-state index contributed by atoms with van der Waals surface area (Å²) < 4.78 is 17.6. The van der Waals surface area contributed by atoms with E-state index < -0.39 is 0 Å². The van der Waals surface area contributed by atoms with Crippen molar-refractivity contribution in [2.45, 2.75) is 32.3 Å². The van der Waals surface area contributed by atoms with Gasteiger partial charge in [0.25, 0.3) is 0 Å². The quantitative estimate of drug-likeness (QED) is 0.568. The Morgan fingerprint density at radius 1 is 1.27 bits per heavy atom. The number of ether oxygens (including phenoxy) is 3. The summed E-state index contributed by atoms with van der Waals surface area (Å²) in [6.07, 6.45) is 2.24. The van der Waals surface area contributed by atoms with Crippen LogP contribution >= 0.6 is 22.9 Å². The van der Waals surface area contributed by atoms with E-state index in [1.165, 1.54) is 11.3 Å². The largest absolute Gasteiger partial charge is 0.454 e. The molecule has 0 bridgehead atoms. The third-order valence-corrected chi connectivity index (χ3v) is 6.62. The number of aromatic nitrogens is 1. The van der Waals surface area contributed by atoms with Crippen LogP contribution < -0.4 is 14.4 Å². The molecule has 0 saturated carbocycles. The van der Waals surface area contributed by atoms with E-state index in [2.05, 4.69) is 0 Å². The highest BCUT2D eigenvalue weighted by Crippen LogP contribution is 2.35. The van der Waals surface area contributed by atoms with Crippen LogP contribution in [-0.4, -0.2) is 36.9 Å². The number of carbonyl (C=O) groups is 1. The highest BCUT2D eigenvalue weighted by molar-refractivity contribution is 7.22. The lowest BCUT2D eigenvalue weighted by molar-refractivity contribution is -0.118. The molecule has 30 heavy (non-hydrogen) atoms. The average Bonchev–Trinajstić information content (AvgIpc) is 3.46. The Balaban J connectivity index is 1.45. The van der Waals surface area contributed by atoms with E-state index in [1.807, 2.05) is 37.3 Å². The van der Waals surface area contributed by atoms with Crippen molar-refractivity contribution < 1.29 is 19.0 Å². The van der Waals surface area contributed by atoms with Gasteiger partial charge in [0.2, 0.25) is 12.7 Å². The topological polar surface area (TPSA) is 60.9 Å². The van der Waals surface area contributed by atoms with Crippen LogP contribution in [-0.2, 0) is 16.0 Å². The van der Waals surface area contributed by atoms with E-state index in [0.29, 0.717) is 28.2 Å². The Bertz CT molecular complexity index is 1110. The molecule has 5 rings (SSSR count). The number of hydrogen-bond donors (Lipinski definition) is 0. The summed E-state index contributed by atoms with van der Waals surface area (Å²) in [6, 6.07) is 9.41. The van der Waals surface area contributed by atoms with Gasteiger partial charge in [-0.15, -0.1) is 0 Å². The highest BCUT2D eigenvalue weighted by atomic mass is 35.5. The van der Waals surface area contributed by atoms with E-state index in [9.17, 15) is 4.79 Å². The first-order valence-corrected chi connectivity index (χ1v) is 11.1. The van der Waals surface area contributed by atoms with Gasteiger partial charge in [0.1, 0.15) is 0 Å². The molecular formula is C22H21ClN2O4S. The molecule has 6 nitrogen and oxygen atoms in total. The zero-order valence-corrected chi connectivity index (χ0v) is 18.1. The standard InChI is InChI=1S/C22H21ClN2O4S/c1-13-7-15(23)10-19-21(13)24-22(30-19)25(11-16-3-2-6-27-16)20(26)9-14-4-5-17-18(8-14)29-12-28-17/h4-5,7-8,10,16H,2-3,6,9,11-12H2,1H3. The Labute approximate surface area is 183 Å². The molecule has 3 aromatic rings. The van der Waals surface area contributed by atoms with E-state index in [-0.39, 0.29) is 25.2 Å². The van der Waals surface area contributed by atoms with Gasteiger partial charge in [0.15, 0.2) is 16.6 Å². The van der Waals surface area contributed by atoms with Gasteiger partial charge in [0, 0.05) is 11.6 Å². The normalized spacial score (nSPS) is 17.6. The maximum Gasteiger partial charge on any atom is 0.233 e. The number of nitrogens with zero attached hydrogens (tertiary/aromatic N) is 2. The zero-order chi connectivity index (χ0) is 20.7. The van der Waals surface area contributed by atoms with Crippen molar-refractivity contribution in [1.29, 1.82) is 0 Å². The minimum Gasteiger partial charge on any atom is -0.454 e. The Hall–Kier alpha value is -2.35. The summed E-state index contributed by atoms with van der Waals surface area (Å²) in [4.78, 5) is 19.9. The number of halogens is 1. The number of anilines is 1. The van der Waals surface area contributed by atoms with Crippen LogP contribution in [0.2, 0.25) is 5.02 Å². The molecule has 1 fully saturated rings. The van der Waals surface area contributed by atoms with E-state index >= 15 is 0 Å². The fraction of sp³-hybridized carbons (Fsp3) is 0.364. The van der Waals surface area contributed by atoms with Gasteiger partial charge in [-0.1, -0.05) is 29.0 Å². The smallest absolute Gasteiger partial charge is 0.233 e. The monoisotopic (exact) mass is 444 g/mol. The second kappa shape index (κ2) is 8.06. The third kappa shape index (κ3) is 3.85.